The van der Waals surface area contributed by atoms with Crippen molar-refractivity contribution in [3.05, 3.63) is 158 Å². The summed E-state index contributed by atoms with van der Waals surface area (Å²) in [5.74, 6) is -0.933. The van der Waals surface area contributed by atoms with Crippen LogP contribution in [-0.2, 0) is 28.6 Å². The zero-order valence-corrected chi connectivity index (χ0v) is 52.9. The van der Waals surface area contributed by atoms with Crippen LogP contribution in [0, 0.1) is 0 Å². The molecule has 0 fully saturated rings. The monoisotopic (exact) mass is 1130 g/mol. The van der Waals surface area contributed by atoms with Crippen molar-refractivity contribution in [2.75, 3.05) is 13.2 Å². The van der Waals surface area contributed by atoms with Crippen molar-refractivity contribution in [1.29, 1.82) is 0 Å². The van der Waals surface area contributed by atoms with Crippen LogP contribution in [0.5, 0.6) is 0 Å². The number of carbonyl (C=O) groups excluding carboxylic acids is 3. The van der Waals surface area contributed by atoms with Gasteiger partial charge in [-0.3, -0.25) is 14.4 Å². The molecule has 82 heavy (non-hydrogen) atoms. The minimum Gasteiger partial charge on any atom is -0.462 e. The lowest BCUT2D eigenvalue weighted by Gasteiger charge is -2.18. The van der Waals surface area contributed by atoms with E-state index in [1.807, 2.05) is 0 Å². The molecule has 0 amide bonds. The largest absolute Gasteiger partial charge is 0.462 e. The third-order valence-corrected chi connectivity index (χ3v) is 13.7. The van der Waals surface area contributed by atoms with Crippen LogP contribution in [-0.4, -0.2) is 37.2 Å². The molecule has 0 aromatic carbocycles. The Kier molecular flexibility index (Phi) is 64.4. The van der Waals surface area contributed by atoms with Crippen molar-refractivity contribution >= 4 is 17.9 Å². The molecule has 0 bridgehead atoms. The lowest BCUT2D eigenvalue weighted by atomic mass is 10.1. The van der Waals surface area contributed by atoms with Gasteiger partial charge in [0.1, 0.15) is 13.2 Å². The van der Waals surface area contributed by atoms with Crippen LogP contribution < -0.4 is 0 Å². The van der Waals surface area contributed by atoms with Crippen LogP contribution in [0.4, 0.5) is 0 Å². The fourth-order valence-corrected chi connectivity index (χ4v) is 8.78. The summed E-state index contributed by atoms with van der Waals surface area (Å²) in [6.45, 7) is 6.34. The predicted molar refractivity (Wildman–Crippen MR) is 357 cm³/mol. The maximum Gasteiger partial charge on any atom is 0.306 e. The Morgan fingerprint density at radius 1 is 0.256 bits per heavy atom. The summed E-state index contributed by atoms with van der Waals surface area (Å²) in [5, 5.41) is 0. The first kappa shape index (κ1) is 77.0. The molecule has 0 N–H and O–H groups in total. The van der Waals surface area contributed by atoms with Crippen LogP contribution in [0.15, 0.2) is 158 Å². The molecular weight excluding hydrogens is 1010 g/mol. The summed E-state index contributed by atoms with van der Waals surface area (Å²) < 4.78 is 16.9. The molecule has 1 atom stereocenters. The molecule has 6 nitrogen and oxygen atoms in total. The highest BCUT2D eigenvalue weighted by Gasteiger charge is 2.19. The van der Waals surface area contributed by atoms with Crippen molar-refractivity contribution in [2.45, 2.75) is 290 Å². The normalized spacial score (nSPS) is 13.2. The molecular formula is C76H122O6. The molecule has 0 heterocycles. The van der Waals surface area contributed by atoms with Crippen molar-refractivity contribution in [2.24, 2.45) is 0 Å². The second kappa shape index (κ2) is 68.5. The van der Waals surface area contributed by atoms with E-state index < -0.39 is 6.10 Å². The molecule has 0 aromatic heterocycles. The van der Waals surface area contributed by atoms with Crippen molar-refractivity contribution < 1.29 is 28.6 Å². The second-order valence-electron chi connectivity index (χ2n) is 21.6. The highest BCUT2D eigenvalue weighted by molar-refractivity contribution is 5.71. The van der Waals surface area contributed by atoms with Gasteiger partial charge in [-0.05, 0) is 141 Å². The quantitative estimate of drug-likeness (QED) is 0.0261. The van der Waals surface area contributed by atoms with Crippen molar-refractivity contribution in [3.8, 4) is 0 Å². The molecule has 0 aliphatic rings. The van der Waals surface area contributed by atoms with Crippen LogP contribution in [0.2, 0.25) is 0 Å². The Balaban J connectivity index is 4.27. The van der Waals surface area contributed by atoms with E-state index in [2.05, 4.69) is 179 Å². The van der Waals surface area contributed by atoms with Crippen LogP contribution in [0.3, 0.4) is 0 Å². The van der Waals surface area contributed by atoms with E-state index in [-0.39, 0.29) is 31.1 Å². The molecule has 0 spiro atoms. The number of esters is 3. The molecule has 0 rings (SSSR count). The van der Waals surface area contributed by atoms with E-state index in [9.17, 15) is 14.4 Å². The number of hydrogen-bond donors (Lipinski definition) is 0. The van der Waals surface area contributed by atoms with E-state index in [4.69, 9.17) is 14.2 Å². The highest BCUT2D eigenvalue weighted by Crippen LogP contribution is 2.15. The van der Waals surface area contributed by atoms with E-state index in [1.165, 1.54) is 64.2 Å². The molecule has 462 valence electrons. The van der Waals surface area contributed by atoms with Crippen LogP contribution in [0.25, 0.3) is 0 Å². The van der Waals surface area contributed by atoms with Gasteiger partial charge in [0.05, 0.1) is 0 Å². The number of allylic oxidation sites excluding steroid dienone is 26. The van der Waals surface area contributed by atoms with Crippen molar-refractivity contribution in [1.82, 2.24) is 0 Å². The fraction of sp³-hybridized carbons (Fsp3) is 0.618. The number of carbonyl (C=O) groups is 3. The molecule has 0 aliphatic carbocycles. The van der Waals surface area contributed by atoms with E-state index in [0.717, 1.165) is 180 Å². The maximum absolute atomic E-state index is 12.9. The zero-order valence-electron chi connectivity index (χ0n) is 52.9. The summed E-state index contributed by atoms with van der Waals surface area (Å²) in [5.41, 5.74) is 0. The standard InChI is InChI=1S/C76H122O6/c1-4-7-10-13-16-19-22-25-28-29-30-31-32-33-34-35-36-37-38-39-40-41-42-43-44-45-46-47-49-51-54-57-60-63-66-69-75(78)81-72-73(71-80-74(77)68-65-62-59-56-53-50-27-24-21-18-15-12-9-6-3)82-76(79)70-67-64-61-58-55-52-48-26-23-20-17-14-11-8-5-2/h7-8,10-11,15-20,24-28,30-31,33-34,36-37,39-40,42-43,48,73H,4-6,9,12-14,21-23,29,32,35,38,41,44-47,49-72H2,1-3H3/b10-7-,11-8-,18-15-,19-16-,20-17-,27-24-,28-25-,31-30-,34-33-,37-36-,40-39-,43-42-,48-26-. The summed E-state index contributed by atoms with van der Waals surface area (Å²) in [4.78, 5) is 38.3. The first-order chi connectivity index (χ1) is 40.5. The summed E-state index contributed by atoms with van der Waals surface area (Å²) in [7, 11) is 0. The average Bonchev–Trinajstić information content (AvgIpc) is 3.48. The van der Waals surface area contributed by atoms with Gasteiger partial charge in [-0.2, -0.15) is 0 Å². The zero-order chi connectivity index (χ0) is 59.2. The molecule has 6 heteroatoms. The topological polar surface area (TPSA) is 78.9 Å². The smallest absolute Gasteiger partial charge is 0.306 e. The van der Waals surface area contributed by atoms with Crippen LogP contribution in [0.1, 0.15) is 284 Å². The number of ether oxygens (including phenoxy) is 3. The SMILES string of the molecule is CC/C=C\C/C=C\C/C=C\C/C=C\C/C=C\C/C=C\C/C=C\C/C=C\CCCCCCCCCCCCC(=O)OCC(COC(=O)CCCCCCC/C=C\C/C=C\CCCC)OC(=O)CCCCCCC/C=C\C/C=C\C/C=C\CC. The lowest BCUT2D eigenvalue weighted by molar-refractivity contribution is -0.167. The first-order valence-electron chi connectivity index (χ1n) is 33.5. The predicted octanol–water partition coefficient (Wildman–Crippen LogP) is 23.3. The second-order valence-corrected chi connectivity index (χ2v) is 21.6. The minimum atomic E-state index is -0.802. The number of hydrogen-bond acceptors (Lipinski definition) is 6. The Morgan fingerprint density at radius 3 is 0.744 bits per heavy atom. The van der Waals surface area contributed by atoms with Gasteiger partial charge in [-0.15, -0.1) is 0 Å². The maximum atomic E-state index is 12.9. The van der Waals surface area contributed by atoms with Crippen molar-refractivity contribution in [3.63, 3.8) is 0 Å². The third kappa shape index (κ3) is 65.8. The van der Waals surface area contributed by atoms with Gasteiger partial charge in [-0.25, -0.2) is 0 Å². The summed E-state index contributed by atoms with van der Waals surface area (Å²) in [6.07, 6.45) is 99.7. The Bertz CT molecular complexity index is 1830. The summed E-state index contributed by atoms with van der Waals surface area (Å²) >= 11 is 0. The molecule has 0 aromatic rings. The number of rotatable bonds is 59. The van der Waals surface area contributed by atoms with Crippen LogP contribution >= 0.6 is 0 Å². The van der Waals surface area contributed by atoms with Gasteiger partial charge < -0.3 is 14.2 Å². The van der Waals surface area contributed by atoms with E-state index in [1.54, 1.807) is 0 Å². The van der Waals surface area contributed by atoms with Gasteiger partial charge in [0, 0.05) is 19.3 Å². The van der Waals surface area contributed by atoms with Gasteiger partial charge in [-0.1, -0.05) is 281 Å². The lowest BCUT2D eigenvalue weighted by Crippen LogP contribution is -2.30. The molecule has 0 aliphatic heterocycles. The Labute approximate surface area is 505 Å². The minimum absolute atomic E-state index is 0.0966. The first-order valence-corrected chi connectivity index (χ1v) is 33.5. The van der Waals surface area contributed by atoms with Gasteiger partial charge in [0.25, 0.3) is 0 Å². The highest BCUT2D eigenvalue weighted by atomic mass is 16.6. The summed E-state index contributed by atoms with van der Waals surface area (Å²) in [6, 6.07) is 0. The van der Waals surface area contributed by atoms with Gasteiger partial charge in [0.2, 0.25) is 0 Å². The number of unbranched alkanes of at least 4 members (excludes halogenated alkanes) is 22. The molecule has 0 radical (unpaired) electrons. The molecule has 1 unspecified atom stereocenters. The Morgan fingerprint density at radius 2 is 0.476 bits per heavy atom. The van der Waals surface area contributed by atoms with E-state index >= 15 is 0 Å². The van der Waals surface area contributed by atoms with Gasteiger partial charge >= 0.3 is 17.9 Å². The average molecular weight is 1130 g/mol. The Hall–Kier alpha value is -4.97. The molecule has 0 saturated heterocycles. The molecule has 0 saturated carbocycles. The van der Waals surface area contributed by atoms with Gasteiger partial charge in [0.15, 0.2) is 6.10 Å². The van der Waals surface area contributed by atoms with E-state index in [0.29, 0.717) is 19.3 Å². The third-order valence-electron chi connectivity index (χ3n) is 13.7. The fourth-order valence-electron chi connectivity index (χ4n) is 8.78.